The van der Waals surface area contributed by atoms with Crippen LogP contribution in [0.15, 0.2) is 36.9 Å². The van der Waals surface area contributed by atoms with E-state index in [0.717, 1.165) is 11.4 Å². The van der Waals surface area contributed by atoms with Gasteiger partial charge in [-0.15, -0.1) is 0 Å². The molecule has 0 aromatic heterocycles. The van der Waals surface area contributed by atoms with Crippen molar-refractivity contribution in [3.05, 3.63) is 36.9 Å². The molecule has 0 saturated heterocycles. The third kappa shape index (κ3) is 2.87. The minimum absolute atomic E-state index is 0.208. The Hall–Kier alpha value is -1.77. The summed E-state index contributed by atoms with van der Waals surface area (Å²) >= 11 is 0. The first-order chi connectivity index (χ1) is 7.91. The van der Waals surface area contributed by atoms with Crippen molar-refractivity contribution in [3.8, 4) is 5.75 Å². The Balaban J connectivity index is 3.32. The third-order valence-corrected chi connectivity index (χ3v) is 2.43. The largest absolute Gasteiger partial charge is 0.495 e. The lowest BCUT2D eigenvalue weighted by atomic mass is 10.0. The van der Waals surface area contributed by atoms with Gasteiger partial charge in [-0.3, -0.25) is 5.41 Å². The van der Waals surface area contributed by atoms with Crippen LogP contribution in [0.25, 0.3) is 0 Å². The van der Waals surface area contributed by atoms with Crippen LogP contribution >= 0.6 is 0 Å². The summed E-state index contributed by atoms with van der Waals surface area (Å²) in [5.41, 5.74) is 0.673. The fourth-order valence-electron chi connectivity index (χ4n) is 1.76. The Morgan fingerprint density at radius 2 is 1.94 bits per heavy atom. The van der Waals surface area contributed by atoms with Crippen LogP contribution in [-0.2, 0) is 0 Å². The average molecular weight is 232 g/mol. The minimum Gasteiger partial charge on any atom is -0.495 e. The summed E-state index contributed by atoms with van der Waals surface area (Å²) in [6.07, 6.45) is 1.54. The van der Waals surface area contributed by atoms with E-state index in [1.165, 1.54) is 6.08 Å². The van der Waals surface area contributed by atoms with Crippen molar-refractivity contribution in [2.75, 3.05) is 12.0 Å². The van der Waals surface area contributed by atoms with Gasteiger partial charge >= 0.3 is 0 Å². The Labute approximate surface area is 103 Å². The molecule has 0 heterocycles. The van der Waals surface area contributed by atoms with Crippen molar-refractivity contribution >= 4 is 11.5 Å². The van der Waals surface area contributed by atoms with Crippen LogP contribution in [0.5, 0.6) is 5.75 Å². The van der Waals surface area contributed by atoms with Gasteiger partial charge in [0.05, 0.1) is 12.8 Å². The molecule has 0 fully saturated rings. The molecule has 0 amide bonds. The van der Waals surface area contributed by atoms with Crippen molar-refractivity contribution in [2.24, 2.45) is 0 Å². The normalized spacial score (nSPS) is 10.8. The molecule has 1 rings (SSSR count). The number of para-hydroxylation sites is 2. The lowest BCUT2D eigenvalue weighted by Crippen LogP contribution is -2.45. The molecule has 3 heteroatoms. The number of hydrogen-bond donors (Lipinski definition) is 1. The first-order valence-corrected chi connectivity index (χ1v) is 5.56. The highest BCUT2D eigenvalue weighted by atomic mass is 16.5. The Morgan fingerprint density at radius 1 is 1.35 bits per heavy atom. The van der Waals surface area contributed by atoms with E-state index in [4.69, 9.17) is 10.1 Å². The van der Waals surface area contributed by atoms with Gasteiger partial charge in [0, 0.05) is 5.54 Å². The number of ether oxygens (including phenoxy) is 1. The molecule has 1 aromatic carbocycles. The van der Waals surface area contributed by atoms with E-state index < -0.39 is 0 Å². The highest BCUT2D eigenvalue weighted by Gasteiger charge is 2.26. The summed E-state index contributed by atoms with van der Waals surface area (Å²) in [7, 11) is 1.64. The van der Waals surface area contributed by atoms with Crippen LogP contribution in [0.4, 0.5) is 5.69 Å². The molecule has 17 heavy (non-hydrogen) atoms. The number of anilines is 1. The Kier molecular flexibility index (Phi) is 3.94. The summed E-state index contributed by atoms with van der Waals surface area (Å²) < 4.78 is 5.34. The smallest absolute Gasteiger partial charge is 0.142 e. The summed E-state index contributed by atoms with van der Waals surface area (Å²) in [6.45, 7) is 9.83. The maximum absolute atomic E-state index is 8.01. The molecule has 0 atom stereocenters. The third-order valence-electron chi connectivity index (χ3n) is 2.43. The summed E-state index contributed by atoms with van der Waals surface area (Å²) in [5.74, 6) is 1.12. The van der Waals surface area contributed by atoms with E-state index in [0.29, 0.717) is 5.84 Å². The first kappa shape index (κ1) is 13.3. The summed E-state index contributed by atoms with van der Waals surface area (Å²) in [4.78, 5) is 1.90. The lowest BCUT2D eigenvalue weighted by molar-refractivity contribution is 0.412. The number of benzene rings is 1. The topological polar surface area (TPSA) is 36.3 Å². The van der Waals surface area contributed by atoms with Crippen molar-refractivity contribution < 1.29 is 4.74 Å². The predicted octanol–water partition coefficient (Wildman–Crippen LogP) is 3.46. The van der Waals surface area contributed by atoms with Crippen LogP contribution in [0.2, 0.25) is 0 Å². The van der Waals surface area contributed by atoms with Gasteiger partial charge in [0.15, 0.2) is 0 Å². The zero-order valence-electron chi connectivity index (χ0n) is 10.9. The van der Waals surface area contributed by atoms with Gasteiger partial charge < -0.3 is 9.64 Å². The molecule has 1 aromatic rings. The number of rotatable bonds is 3. The standard InChI is InChI=1S/C14H20N2O/c1-6-13(15)16(14(2,3)4)11-9-7-8-10-12(11)17-5/h6-10,15H,1H2,2-5H3. The van der Waals surface area contributed by atoms with Gasteiger partial charge in [0.25, 0.3) is 0 Å². The Morgan fingerprint density at radius 3 is 2.41 bits per heavy atom. The fourth-order valence-corrected chi connectivity index (χ4v) is 1.76. The second-order valence-electron chi connectivity index (χ2n) is 4.77. The van der Waals surface area contributed by atoms with E-state index >= 15 is 0 Å². The van der Waals surface area contributed by atoms with Gasteiger partial charge in [-0.25, -0.2) is 0 Å². The number of methoxy groups -OCH3 is 1. The molecule has 92 valence electrons. The molecule has 0 bridgehead atoms. The van der Waals surface area contributed by atoms with E-state index in [2.05, 4.69) is 27.4 Å². The van der Waals surface area contributed by atoms with E-state index in [9.17, 15) is 0 Å². The van der Waals surface area contributed by atoms with Gasteiger partial charge in [0.1, 0.15) is 11.6 Å². The quantitative estimate of drug-likeness (QED) is 0.640. The van der Waals surface area contributed by atoms with Crippen LogP contribution in [0.1, 0.15) is 20.8 Å². The molecule has 0 aliphatic rings. The molecular formula is C14H20N2O. The van der Waals surface area contributed by atoms with Crippen molar-refractivity contribution in [1.82, 2.24) is 0 Å². The number of hydrogen-bond acceptors (Lipinski definition) is 2. The minimum atomic E-state index is -0.208. The first-order valence-electron chi connectivity index (χ1n) is 5.56. The maximum Gasteiger partial charge on any atom is 0.142 e. The van der Waals surface area contributed by atoms with Gasteiger partial charge in [-0.05, 0) is 39.0 Å². The number of nitrogens with zero attached hydrogens (tertiary/aromatic N) is 1. The molecule has 0 saturated carbocycles. The zero-order chi connectivity index (χ0) is 13.1. The number of nitrogens with one attached hydrogen (secondary N) is 1. The van der Waals surface area contributed by atoms with Gasteiger partial charge in [0.2, 0.25) is 0 Å². The molecule has 1 N–H and O–H groups in total. The molecule has 3 nitrogen and oxygen atoms in total. The fraction of sp³-hybridized carbons (Fsp3) is 0.357. The molecule has 0 radical (unpaired) electrons. The highest BCUT2D eigenvalue weighted by Crippen LogP contribution is 2.32. The van der Waals surface area contributed by atoms with E-state index in [1.54, 1.807) is 7.11 Å². The Bertz CT molecular complexity index is 418. The monoisotopic (exact) mass is 232 g/mol. The molecule has 0 aliphatic heterocycles. The van der Waals surface area contributed by atoms with Crippen molar-refractivity contribution in [1.29, 1.82) is 5.41 Å². The van der Waals surface area contributed by atoms with Crippen molar-refractivity contribution in [2.45, 2.75) is 26.3 Å². The van der Waals surface area contributed by atoms with Crippen molar-refractivity contribution in [3.63, 3.8) is 0 Å². The molecular weight excluding hydrogens is 212 g/mol. The average Bonchev–Trinajstić information content (AvgIpc) is 2.28. The molecule has 0 aliphatic carbocycles. The predicted molar refractivity (Wildman–Crippen MR) is 73.1 cm³/mol. The lowest BCUT2D eigenvalue weighted by Gasteiger charge is -2.37. The van der Waals surface area contributed by atoms with Crippen LogP contribution < -0.4 is 9.64 Å². The van der Waals surface area contributed by atoms with Gasteiger partial charge in [-0.2, -0.15) is 0 Å². The molecule has 0 spiro atoms. The van der Waals surface area contributed by atoms with E-state index in [1.807, 2.05) is 29.2 Å². The van der Waals surface area contributed by atoms with E-state index in [-0.39, 0.29) is 5.54 Å². The number of amidine groups is 1. The maximum atomic E-state index is 8.01. The second-order valence-corrected chi connectivity index (χ2v) is 4.77. The molecule has 0 unspecified atom stereocenters. The summed E-state index contributed by atoms with van der Waals surface area (Å²) in [5, 5.41) is 8.01. The highest BCUT2D eigenvalue weighted by molar-refractivity contribution is 6.05. The van der Waals surface area contributed by atoms with Crippen LogP contribution in [0.3, 0.4) is 0 Å². The van der Waals surface area contributed by atoms with Crippen LogP contribution in [-0.4, -0.2) is 18.5 Å². The zero-order valence-corrected chi connectivity index (χ0v) is 10.9. The second kappa shape index (κ2) is 5.04. The summed E-state index contributed by atoms with van der Waals surface area (Å²) in [6, 6.07) is 7.69. The van der Waals surface area contributed by atoms with Gasteiger partial charge in [-0.1, -0.05) is 18.7 Å². The van der Waals surface area contributed by atoms with Crippen LogP contribution in [0, 0.1) is 5.41 Å². The SMILES string of the molecule is C=CC(=N)N(c1ccccc1OC)C(C)(C)C.